The molecule has 0 spiro atoms. The van der Waals surface area contributed by atoms with Crippen LogP contribution >= 0.6 is 11.6 Å². The maximum atomic E-state index is 12.1. The molecule has 0 saturated heterocycles. The predicted octanol–water partition coefficient (Wildman–Crippen LogP) is 3.26. The second-order valence-corrected chi connectivity index (χ2v) is 6.33. The molecule has 1 aromatic heterocycles. The summed E-state index contributed by atoms with van der Waals surface area (Å²) in [5.74, 6) is -1.57. The molecular weight excluding hydrogens is 384 g/mol. The van der Waals surface area contributed by atoms with Crippen LogP contribution in [-0.4, -0.2) is 36.1 Å². The lowest BCUT2D eigenvalue weighted by atomic mass is 10.2. The number of hydrogen-bond donors (Lipinski definition) is 1. The number of nitrogens with one attached hydrogen (secondary N) is 1. The van der Waals surface area contributed by atoms with Gasteiger partial charge in [0, 0.05) is 27.8 Å². The van der Waals surface area contributed by atoms with E-state index in [9.17, 15) is 14.4 Å². The number of nitrogens with zero attached hydrogens (tertiary/aromatic N) is 1. The molecule has 1 N–H and O–H groups in total. The fourth-order valence-corrected chi connectivity index (χ4v) is 2.84. The molecule has 0 atom stereocenters. The second-order valence-electron chi connectivity index (χ2n) is 5.90. The molecule has 0 unspecified atom stereocenters. The van der Waals surface area contributed by atoms with Crippen molar-refractivity contribution in [3.63, 3.8) is 0 Å². The van der Waals surface area contributed by atoms with Gasteiger partial charge in [-0.3, -0.25) is 9.59 Å². The molecule has 144 valence electrons. The number of halogens is 1. The van der Waals surface area contributed by atoms with Crippen molar-refractivity contribution >= 4 is 46.0 Å². The van der Waals surface area contributed by atoms with E-state index in [-0.39, 0.29) is 6.54 Å². The highest BCUT2D eigenvalue weighted by molar-refractivity contribution is 6.30. The molecule has 0 aliphatic heterocycles. The van der Waals surface area contributed by atoms with Gasteiger partial charge in [0.15, 0.2) is 6.61 Å². The first kappa shape index (κ1) is 19.4. The Morgan fingerprint density at radius 1 is 1.07 bits per heavy atom. The molecule has 8 heteroatoms. The Bertz CT molecular complexity index is 1030. The minimum atomic E-state index is -0.608. The fourth-order valence-electron chi connectivity index (χ4n) is 2.71. The molecule has 3 aromatic rings. The van der Waals surface area contributed by atoms with E-state index in [0.29, 0.717) is 27.2 Å². The monoisotopic (exact) mass is 400 g/mol. The Kier molecular flexibility index (Phi) is 5.96. The van der Waals surface area contributed by atoms with Crippen LogP contribution in [0.3, 0.4) is 0 Å². The van der Waals surface area contributed by atoms with Gasteiger partial charge in [0.05, 0.1) is 12.7 Å². The van der Waals surface area contributed by atoms with Gasteiger partial charge in [-0.15, -0.1) is 0 Å². The van der Waals surface area contributed by atoms with E-state index in [1.807, 2.05) is 0 Å². The summed E-state index contributed by atoms with van der Waals surface area (Å²) in [4.78, 5) is 36.0. The first-order chi connectivity index (χ1) is 13.5. The summed E-state index contributed by atoms with van der Waals surface area (Å²) in [6, 6.07) is 13.7. The number of aromatic nitrogens is 1. The van der Waals surface area contributed by atoms with E-state index >= 15 is 0 Å². The molecule has 0 aliphatic rings. The average Bonchev–Trinajstić information content (AvgIpc) is 3.06. The zero-order valence-corrected chi connectivity index (χ0v) is 15.7. The number of anilines is 1. The van der Waals surface area contributed by atoms with Crippen molar-refractivity contribution in [2.45, 2.75) is 6.54 Å². The Morgan fingerprint density at radius 2 is 1.79 bits per heavy atom. The van der Waals surface area contributed by atoms with E-state index in [4.69, 9.17) is 21.1 Å². The van der Waals surface area contributed by atoms with Gasteiger partial charge in [-0.1, -0.05) is 29.8 Å². The smallest absolute Gasteiger partial charge is 0.340 e. The van der Waals surface area contributed by atoms with Crippen LogP contribution in [0.15, 0.2) is 54.7 Å². The lowest BCUT2D eigenvalue weighted by Crippen LogP contribution is -2.22. The molecule has 3 rings (SSSR count). The van der Waals surface area contributed by atoms with Crippen molar-refractivity contribution in [2.75, 3.05) is 19.0 Å². The largest absolute Gasteiger partial charge is 0.465 e. The van der Waals surface area contributed by atoms with Crippen LogP contribution in [0, 0.1) is 0 Å². The minimum absolute atomic E-state index is 0.147. The summed E-state index contributed by atoms with van der Waals surface area (Å²) in [6.45, 7) is -0.573. The van der Waals surface area contributed by atoms with Crippen LogP contribution in [-0.2, 0) is 25.6 Å². The number of fused-ring (bicyclic) bond motifs is 1. The number of benzene rings is 2. The first-order valence-corrected chi connectivity index (χ1v) is 8.73. The van der Waals surface area contributed by atoms with E-state index in [1.165, 1.54) is 13.3 Å². The van der Waals surface area contributed by atoms with Gasteiger partial charge in [-0.05, 0) is 30.3 Å². The number of hydrogen-bond acceptors (Lipinski definition) is 5. The summed E-state index contributed by atoms with van der Waals surface area (Å²) in [6.07, 6.45) is 1.53. The van der Waals surface area contributed by atoms with Gasteiger partial charge in [0.25, 0.3) is 5.91 Å². The topological polar surface area (TPSA) is 86.6 Å². The normalized spacial score (nSPS) is 10.5. The lowest BCUT2D eigenvalue weighted by molar-refractivity contribution is -0.147. The number of rotatable bonds is 6. The third kappa shape index (κ3) is 4.50. The Labute approximate surface area is 165 Å². The Hall–Kier alpha value is -3.32. The van der Waals surface area contributed by atoms with Gasteiger partial charge in [0.2, 0.25) is 0 Å². The molecule has 7 nitrogen and oxygen atoms in total. The quantitative estimate of drug-likeness (QED) is 0.642. The van der Waals surface area contributed by atoms with Crippen LogP contribution in [0.2, 0.25) is 5.02 Å². The number of ether oxygens (including phenoxy) is 2. The summed E-state index contributed by atoms with van der Waals surface area (Å²) >= 11 is 5.79. The summed E-state index contributed by atoms with van der Waals surface area (Å²) in [5.41, 5.74) is 1.58. The van der Waals surface area contributed by atoms with E-state index in [2.05, 4.69) is 5.32 Å². The van der Waals surface area contributed by atoms with Gasteiger partial charge >= 0.3 is 11.9 Å². The predicted molar refractivity (Wildman–Crippen MR) is 104 cm³/mol. The number of para-hydroxylation sites is 1. The maximum Gasteiger partial charge on any atom is 0.340 e. The van der Waals surface area contributed by atoms with Gasteiger partial charge in [0.1, 0.15) is 6.54 Å². The van der Waals surface area contributed by atoms with E-state index in [1.54, 1.807) is 53.1 Å². The third-order valence-corrected chi connectivity index (χ3v) is 4.24. The highest BCUT2D eigenvalue weighted by Gasteiger charge is 2.17. The highest BCUT2D eigenvalue weighted by Crippen LogP contribution is 2.22. The maximum absolute atomic E-state index is 12.1. The molecule has 2 aromatic carbocycles. The fraction of sp³-hybridized carbons (Fsp3) is 0.150. The van der Waals surface area contributed by atoms with Crippen molar-refractivity contribution in [3.8, 4) is 0 Å². The van der Waals surface area contributed by atoms with Crippen LogP contribution in [0.4, 0.5) is 5.69 Å². The zero-order valence-electron chi connectivity index (χ0n) is 15.0. The minimum Gasteiger partial charge on any atom is -0.465 e. The summed E-state index contributed by atoms with van der Waals surface area (Å²) in [7, 11) is 1.29. The molecule has 0 saturated carbocycles. The third-order valence-electron chi connectivity index (χ3n) is 3.99. The molecule has 0 aliphatic carbocycles. The van der Waals surface area contributed by atoms with Crippen LogP contribution in [0.1, 0.15) is 10.4 Å². The van der Waals surface area contributed by atoms with Gasteiger partial charge in [-0.2, -0.15) is 0 Å². The average molecular weight is 401 g/mol. The molecular formula is C20H17ClN2O5. The standard InChI is InChI=1S/C20H17ClN2O5/c1-27-20(26)16-10-23(17-5-3-2-4-15(16)17)11-19(25)28-12-18(24)22-14-8-6-13(21)7-9-14/h2-10H,11-12H2,1H3,(H,22,24). The SMILES string of the molecule is COC(=O)c1cn(CC(=O)OCC(=O)Nc2ccc(Cl)cc2)c2ccccc12. The number of methoxy groups -OCH3 is 1. The summed E-state index contributed by atoms with van der Waals surface area (Å²) < 4.78 is 11.4. The van der Waals surface area contributed by atoms with Crippen molar-refractivity contribution in [2.24, 2.45) is 0 Å². The Balaban J connectivity index is 1.62. The van der Waals surface area contributed by atoms with Crippen molar-refractivity contribution < 1.29 is 23.9 Å². The van der Waals surface area contributed by atoms with Crippen LogP contribution in [0.5, 0.6) is 0 Å². The summed E-state index contributed by atoms with van der Waals surface area (Å²) in [5, 5.41) is 3.82. The van der Waals surface area contributed by atoms with Crippen LogP contribution in [0.25, 0.3) is 10.9 Å². The second kappa shape index (κ2) is 8.58. The van der Waals surface area contributed by atoms with Gasteiger partial charge < -0.3 is 19.4 Å². The van der Waals surface area contributed by atoms with E-state index in [0.717, 1.165) is 0 Å². The highest BCUT2D eigenvalue weighted by atomic mass is 35.5. The molecule has 1 amide bonds. The molecule has 0 bridgehead atoms. The molecule has 1 heterocycles. The van der Waals surface area contributed by atoms with Crippen molar-refractivity contribution in [1.82, 2.24) is 4.57 Å². The van der Waals surface area contributed by atoms with Crippen LogP contribution < -0.4 is 5.32 Å². The van der Waals surface area contributed by atoms with Crippen molar-refractivity contribution in [1.29, 1.82) is 0 Å². The van der Waals surface area contributed by atoms with Gasteiger partial charge in [-0.25, -0.2) is 4.79 Å². The number of carbonyl (C=O) groups is 3. The van der Waals surface area contributed by atoms with E-state index < -0.39 is 24.5 Å². The molecule has 0 fully saturated rings. The molecule has 28 heavy (non-hydrogen) atoms. The number of amides is 1. The number of esters is 2. The first-order valence-electron chi connectivity index (χ1n) is 8.35. The lowest BCUT2D eigenvalue weighted by Gasteiger charge is -2.08. The molecule has 0 radical (unpaired) electrons. The van der Waals surface area contributed by atoms with Crippen molar-refractivity contribution in [3.05, 3.63) is 65.3 Å². The zero-order chi connectivity index (χ0) is 20.1. The number of carbonyl (C=O) groups excluding carboxylic acids is 3. The Morgan fingerprint density at radius 3 is 2.50 bits per heavy atom.